The maximum Gasteiger partial charge on any atom is 0.119 e. The number of halogens is 1. The second-order valence-corrected chi connectivity index (χ2v) is 6.77. The molecule has 0 bridgehead atoms. The van der Waals surface area contributed by atoms with Crippen LogP contribution in [-0.2, 0) is 0 Å². The highest BCUT2D eigenvalue weighted by Crippen LogP contribution is 2.30. The third-order valence-corrected chi connectivity index (χ3v) is 4.94. The molecule has 3 aromatic rings. The van der Waals surface area contributed by atoms with Crippen LogP contribution < -0.4 is 4.74 Å². The van der Waals surface area contributed by atoms with Gasteiger partial charge in [-0.1, -0.05) is 35.9 Å². The number of aromatic amines is 1. The van der Waals surface area contributed by atoms with Gasteiger partial charge in [-0.05, 0) is 42.3 Å². The molecule has 0 saturated carbocycles. The second-order valence-electron chi connectivity index (χ2n) is 6.33. The van der Waals surface area contributed by atoms with Crippen molar-refractivity contribution in [1.29, 1.82) is 0 Å². The number of rotatable bonds is 5. The number of ether oxygens (including phenoxy) is 1. The first kappa shape index (κ1) is 16.2. The first-order valence-corrected chi connectivity index (χ1v) is 9.03. The van der Waals surface area contributed by atoms with Gasteiger partial charge in [0.2, 0.25) is 0 Å². The zero-order valence-electron chi connectivity index (χ0n) is 14.0. The van der Waals surface area contributed by atoms with Crippen molar-refractivity contribution in [3.05, 3.63) is 71.4 Å². The third kappa shape index (κ3) is 3.73. The summed E-state index contributed by atoms with van der Waals surface area (Å²) in [5.41, 5.74) is 3.81. The van der Waals surface area contributed by atoms with E-state index in [2.05, 4.69) is 22.2 Å². The molecule has 0 amide bonds. The number of benzene rings is 2. The Morgan fingerprint density at radius 3 is 2.80 bits per heavy atom. The van der Waals surface area contributed by atoms with E-state index in [4.69, 9.17) is 16.3 Å². The highest BCUT2D eigenvalue weighted by Gasteiger charge is 2.15. The van der Waals surface area contributed by atoms with E-state index in [0.717, 1.165) is 49.0 Å². The summed E-state index contributed by atoms with van der Waals surface area (Å²) >= 11 is 6.16. The zero-order valence-corrected chi connectivity index (χ0v) is 14.8. The van der Waals surface area contributed by atoms with Crippen molar-refractivity contribution in [3.63, 3.8) is 0 Å². The maximum atomic E-state index is 6.16. The predicted molar refractivity (Wildman–Crippen MR) is 104 cm³/mol. The van der Waals surface area contributed by atoms with Crippen LogP contribution >= 0.6 is 11.6 Å². The minimum Gasteiger partial charge on any atom is -0.492 e. The van der Waals surface area contributed by atoms with Crippen molar-refractivity contribution in [3.8, 4) is 5.75 Å². The van der Waals surface area contributed by atoms with Crippen LogP contribution in [0, 0.1) is 0 Å². The van der Waals surface area contributed by atoms with Gasteiger partial charge in [-0.25, -0.2) is 0 Å². The molecule has 25 heavy (non-hydrogen) atoms. The molecule has 2 aromatic carbocycles. The fourth-order valence-corrected chi connectivity index (χ4v) is 3.50. The Bertz CT molecular complexity index is 885. The normalized spacial score (nSPS) is 15.3. The summed E-state index contributed by atoms with van der Waals surface area (Å²) in [7, 11) is 0. The monoisotopic (exact) mass is 352 g/mol. The highest BCUT2D eigenvalue weighted by atomic mass is 35.5. The van der Waals surface area contributed by atoms with Crippen molar-refractivity contribution in [2.24, 2.45) is 0 Å². The summed E-state index contributed by atoms with van der Waals surface area (Å²) < 4.78 is 5.80. The van der Waals surface area contributed by atoms with Gasteiger partial charge in [0.25, 0.3) is 0 Å². The summed E-state index contributed by atoms with van der Waals surface area (Å²) in [5.74, 6) is 0.936. The van der Waals surface area contributed by atoms with Gasteiger partial charge in [0.15, 0.2) is 0 Å². The van der Waals surface area contributed by atoms with E-state index >= 15 is 0 Å². The molecule has 0 radical (unpaired) electrons. The molecule has 0 fully saturated rings. The molecule has 2 heterocycles. The fourth-order valence-electron chi connectivity index (χ4n) is 3.33. The van der Waals surface area contributed by atoms with Crippen LogP contribution in [0.5, 0.6) is 5.75 Å². The van der Waals surface area contributed by atoms with Crippen LogP contribution in [0.25, 0.3) is 16.5 Å². The van der Waals surface area contributed by atoms with E-state index in [1.165, 1.54) is 16.5 Å². The van der Waals surface area contributed by atoms with Crippen LogP contribution in [0.3, 0.4) is 0 Å². The van der Waals surface area contributed by atoms with E-state index in [-0.39, 0.29) is 0 Å². The zero-order chi connectivity index (χ0) is 17.1. The number of nitrogens with zero attached hydrogens (tertiary/aromatic N) is 1. The average Bonchev–Trinajstić information content (AvgIpc) is 3.06. The molecule has 1 N–H and O–H groups in total. The predicted octanol–water partition coefficient (Wildman–Crippen LogP) is 4.99. The molecule has 0 saturated heterocycles. The second kappa shape index (κ2) is 7.34. The lowest BCUT2D eigenvalue weighted by Crippen LogP contribution is -2.32. The summed E-state index contributed by atoms with van der Waals surface area (Å²) in [5, 5.41) is 1.99. The Balaban J connectivity index is 1.37. The van der Waals surface area contributed by atoms with Gasteiger partial charge in [0, 0.05) is 47.3 Å². The van der Waals surface area contributed by atoms with Crippen molar-refractivity contribution >= 4 is 28.1 Å². The third-order valence-electron chi connectivity index (χ3n) is 4.70. The van der Waals surface area contributed by atoms with Gasteiger partial charge in [-0.2, -0.15) is 0 Å². The van der Waals surface area contributed by atoms with Crippen LogP contribution in [0.2, 0.25) is 5.02 Å². The Morgan fingerprint density at radius 2 is 2.00 bits per heavy atom. The lowest BCUT2D eigenvalue weighted by Gasteiger charge is -2.26. The number of nitrogens with one attached hydrogen (secondary N) is 1. The minimum atomic E-state index is 0.718. The van der Waals surface area contributed by atoms with Gasteiger partial charge < -0.3 is 9.72 Å². The molecule has 4 heteroatoms. The summed E-state index contributed by atoms with van der Waals surface area (Å²) in [6, 6.07) is 16.0. The van der Waals surface area contributed by atoms with E-state index in [1.807, 2.05) is 48.5 Å². The molecule has 0 unspecified atom stereocenters. The summed E-state index contributed by atoms with van der Waals surface area (Å²) in [6.45, 7) is 3.67. The van der Waals surface area contributed by atoms with E-state index in [0.29, 0.717) is 0 Å². The Hall–Kier alpha value is -2.23. The average molecular weight is 353 g/mol. The molecule has 4 rings (SSSR count). The van der Waals surface area contributed by atoms with Gasteiger partial charge in [-0.15, -0.1) is 0 Å². The standard InChI is InChI=1S/C21H21ClN2O/c22-17-6-7-21-19(14-17)20(15-23-21)16-8-10-24(11-9-16)12-13-25-18-4-2-1-3-5-18/h1-8,14-15,23H,9-13H2. The first-order chi connectivity index (χ1) is 12.3. The molecular formula is C21H21ClN2O. The highest BCUT2D eigenvalue weighted by molar-refractivity contribution is 6.31. The first-order valence-electron chi connectivity index (χ1n) is 8.66. The number of para-hydroxylation sites is 1. The van der Waals surface area contributed by atoms with Crippen LogP contribution in [0.15, 0.2) is 60.8 Å². The Morgan fingerprint density at radius 1 is 1.12 bits per heavy atom. The molecule has 128 valence electrons. The molecule has 1 aromatic heterocycles. The SMILES string of the molecule is Clc1ccc2[nH]cc(C3=CCN(CCOc4ccccc4)CC3)c2c1. The Labute approximate surface area is 152 Å². The van der Waals surface area contributed by atoms with Gasteiger partial charge in [0.1, 0.15) is 12.4 Å². The van der Waals surface area contributed by atoms with Crippen molar-refractivity contribution in [1.82, 2.24) is 9.88 Å². The van der Waals surface area contributed by atoms with Crippen molar-refractivity contribution in [2.75, 3.05) is 26.2 Å². The van der Waals surface area contributed by atoms with Crippen molar-refractivity contribution < 1.29 is 4.74 Å². The van der Waals surface area contributed by atoms with Gasteiger partial charge in [-0.3, -0.25) is 4.90 Å². The van der Waals surface area contributed by atoms with E-state index < -0.39 is 0 Å². The number of aromatic nitrogens is 1. The fraction of sp³-hybridized carbons (Fsp3) is 0.238. The Kier molecular flexibility index (Phi) is 4.77. The number of hydrogen-bond acceptors (Lipinski definition) is 2. The van der Waals surface area contributed by atoms with Gasteiger partial charge in [0.05, 0.1) is 0 Å². The number of H-pyrrole nitrogens is 1. The summed E-state index contributed by atoms with van der Waals surface area (Å²) in [6.07, 6.45) is 5.47. The minimum absolute atomic E-state index is 0.718. The lowest BCUT2D eigenvalue weighted by atomic mass is 9.99. The number of fused-ring (bicyclic) bond motifs is 1. The molecular weight excluding hydrogens is 332 g/mol. The summed E-state index contributed by atoms with van der Waals surface area (Å²) in [4.78, 5) is 5.77. The topological polar surface area (TPSA) is 28.3 Å². The van der Waals surface area contributed by atoms with Gasteiger partial charge >= 0.3 is 0 Å². The van der Waals surface area contributed by atoms with Crippen LogP contribution in [-0.4, -0.2) is 36.1 Å². The lowest BCUT2D eigenvalue weighted by molar-refractivity contribution is 0.222. The van der Waals surface area contributed by atoms with E-state index in [1.54, 1.807) is 0 Å². The smallest absolute Gasteiger partial charge is 0.119 e. The van der Waals surface area contributed by atoms with Crippen LogP contribution in [0.4, 0.5) is 0 Å². The molecule has 0 atom stereocenters. The maximum absolute atomic E-state index is 6.16. The molecule has 3 nitrogen and oxygen atoms in total. The molecule has 1 aliphatic heterocycles. The number of hydrogen-bond donors (Lipinski definition) is 1. The largest absolute Gasteiger partial charge is 0.492 e. The molecule has 0 spiro atoms. The molecule has 0 aliphatic carbocycles. The van der Waals surface area contributed by atoms with E-state index in [9.17, 15) is 0 Å². The quantitative estimate of drug-likeness (QED) is 0.700. The molecule has 1 aliphatic rings. The van der Waals surface area contributed by atoms with Crippen LogP contribution in [0.1, 0.15) is 12.0 Å². The van der Waals surface area contributed by atoms with Crippen molar-refractivity contribution in [2.45, 2.75) is 6.42 Å².